The van der Waals surface area contributed by atoms with E-state index in [2.05, 4.69) is 29.5 Å². The Kier molecular flexibility index (Phi) is 4.79. The van der Waals surface area contributed by atoms with Crippen LogP contribution in [0.5, 0.6) is 5.75 Å². The summed E-state index contributed by atoms with van der Waals surface area (Å²) in [6, 6.07) is 0.133. The summed E-state index contributed by atoms with van der Waals surface area (Å²) >= 11 is 0. The first-order valence-electron chi connectivity index (χ1n) is 6.88. The molecule has 1 saturated carbocycles. The lowest BCUT2D eigenvalue weighted by molar-refractivity contribution is 0.217. The van der Waals surface area contributed by atoms with E-state index in [0.717, 1.165) is 24.5 Å². The molecular weight excluding hydrogens is 242 g/mol. The Morgan fingerprint density at radius 1 is 1.58 bits per heavy atom. The van der Waals surface area contributed by atoms with Crippen molar-refractivity contribution in [2.45, 2.75) is 31.8 Å². The minimum absolute atomic E-state index is 0.133. The van der Waals surface area contributed by atoms with Gasteiger partial charge in [0.05, 0.1) is 31.6 Å². The summed E-state index contributed by atoms with van der Waals surface area (Å²) in [6.45, 7) is 1.79. The van der Waals surface area contributed by atoms with Crippen molar-refractivity contribution in [3.8, 4) is 5.75 Å². The molecular formula is C13H25N5O. The molecule has 1 unspecified atom stereocenters. The molecule has 1 aliphatic carbocycles. The normalized spacial score (nSPS) is 17.5. The Balaban J connectivity index is 2.21. The van der Waals surface area contributed by atoms with Gasteiger partial charge in [-0.05, 0) is 32.9 Å². The second-order valence-corrected chi connectivity index (χ2v) is 5.46. The van der Waals surface area contributed by atoms with Crippen LogP contribution in [0.1, 0.15) is 31.0 Å². The predicted octanol–water partition coefficient (Wildman–Crippen LogP) is 0.758. The summed E-state index contributed by atoms with van der Waals surface area (Å²) in [5.41, 5.74) is 4.03. The number of methoxy groups -OCH3 is 1. The van der Waals surface area contributed by atoms with Gasteiger partial charge in [0, 0.05) is 6.54 Å². The van der Waals surface area contributed by atoms with Crippen molar-refractivity contribution in [1.29, 1.82) is 0 Å². The highest BCUT2D eigenvalue weighted by Gasteiger charge is 2.32. The number of nitrogens with zero attached hydrogens (tertiary/aromatic N) is 3. The Morgan fingerprint density at radius 2 is 2.32 bits per heavy atom. The maximum absolute atomic E-state index is 5.77. The maximum Gasteiger partial charge on any atom is 0.161 e. The average molecular weight is 267 g/mol. The molecule has 0 amide bonds. The van der Waals surface area contributed by atoms with E-state index < -0.39 is 0 Å². The van der Waals surface area contributed by atoms with Crippen molar-refractivity contribution in [1.82, 2.24) is 20.1 Å². The SMILES string of the molecule is COc1cnn(CCN(C)C)c1C(NN)C1CCC1. The first-order valence-corrected chi connectivity index (χ1v) is 6.88. The van der Waals surface area contributed by atoms with Gasteiger partial charge in [0.1, 0.15) is 0 Å². The monoisotopic (exact) mass is 267 g/mol. The molecule has 6 nitrogen and oxygen atoms in total. The number of aromatic nitrogens is 2. The Hall–Kier alpha value is -1.11. The maximum atomic E-state index is 5.77. The number of nitrogens with one attached hydrogen (secondary N) is 1. The molecule has 2 rings (SSSR count). The molecule has 1 heterocycles. The number of ether oxygens (including phenoxy) is 1. The average Bonchev–Trinajstić information content (AvgIpc) is 2.73. The van der Waals surface area contributed by atoms with E-state index in [9.17, 15) is 0 Å². The molecule has 0 aliphatic heterocycles. The van der Waals surface area contributed by atoms with Gasteiger partial charge in [-0.3, -0.25) is 16.0 Å². The van der Waals surface area contributed by atoms with E-state index in [1.165, 1.54) is 19.3 Å². The number of likely N-dealkylation sites (N-methyl/N-ethyl adjacent to an activating group) is 1. The Bertz CT molecular complexity index is 400. The molecule has 0 aromatic carbocycles. The largest absolute Gasteiger partial charge is 0.493 e. The van der Waals surface area contributed by atoms with Gasteiger partial charge in [-0.2, -0.15) is 5.10 Å². The van der Waals surface area contributed by atoms with Crippen LogP contribution in [0, 0.1) is 5.92 Å². The van der Waals surface area contributed by atoms with Crippen molar-refractivity contribution < 1.29 is 4.74 Å². The predicted molar refractivity (Wildman–Crippen MR) is 74.7 cm³/mol. The van der Waals surface area contributed by atoms with E-state index >= 15 is 0 Å². The minimum atomic E-state index is 0.133. The fourth-order valence-electron chi connectivity index (χ4n) is 2.53. The van der Waals surface area contributed by atoms with Gasteiger partial charge in [-0.1, -0.05) is 6.42 Å². The summed E-state index contributed by atoms with van der Waals surface area (Å²) < 4.78 is 7.46. The van der Waals surface area contributed by atoms with E-state index in [1.54, 1.807) is 13.3 Å². The zero-order valence-electron chi connectivity index (χ0n) is 12.1. The van der Waals surface area contributed by atoms with Gasteiger partial charge in [-0.25, -0.2) is 0 Å². The van der Waals surface area contributed by atoms with Crippen molar-refractivity contribution in [2.24, 2.45) is 11.8 Å². The third-order valence-electron chi connectivity index (χ3n) is 3.92. The van der Waals surface area contributed by atoms with Crippen LogP contribution in [0.3, 0.4) is 0 Å². The van der Waals surface area contributed by atoms with Gasteiger partial charge in [0.2, 0.25) is 0 Å². The van der Waals surface area contributed by atoms with E-state index in [1.807, 2.05) is 4.68 Å². The third kappa shape index (κ3) is 3.08. The summed E-state index contributed by atoms with van der Waals surface area (Å²) in [7, 11) is 5.81. The van der Waals surface area contributed by atoms with Gasteiger partial charge in [-0.15, -0.1) is 0 Å². The highest BCUT2D eigenvalue weighted by molar-refractivity contribution is 5.29. The number of hydrogen-bond donors (Lipinski definition) is 2. The molecule has 108 valence electrons. The van der Waals surface area contributed by atoms with Crippen molar-refractivity contribution in [3.05, 3.63) is 11.9 Å². The molecule has 0 spiro atoms. The molecule has 1 aromatic heterocycles. The van der Waals surface area contributed by atoms with Crippen LogP contribution in [0.4, 0.5) is 0 Å². The zero-order valence-corrected chi connectivity index (χ0v) is 12.1. The van der Waals surface area contributed by atoms with Crippen LogP contribution in [0.25, 0.3) is 0 Å². The van der Waals surface area contributed by atoms with Crippen LogP contribution < -0.4 is 16.0 Å². The summed E-state index contributed by atoms with van der Waals surface area (Å²) in [6.07, 6.45) is 5.51. The minimum Gasteiger partial charge on any atom is -0.493 e. The molecule has 3 N–H and O–H groups in total. The topological polar surface area (TPSA) is 68.3 Å². The molecule has 1 fully saturated rings. The third-order valence-corrected chi connectivity index (χ3v) is 3.92. The van der Waals surface area contributed by atoms with Crippen LogP contribution in [0.2, 0.25) is 0 Å². The molecule has 1 aromatic rings. The van der Waals surface area contributed by atoms with Crippen molar-refractivity contribution in [2.75, 3.05) is 27.7 Å². The molecule has 6 heteroatoms. The number of nitrogens with two attached hydrogens (primary N) is 1. The van der Waals surface area contributed by atoms with E-state index in [0.29, 0.717) is 5.92 Å². The number of hydrogen-bond acceptors (Lipinski definition) is 5. The first-order chi connectivity index (χ1) is 9.17. The first kappa shape index (κ1) is 14.3. The van der Waals surface area contributed by atoms with Gasteiger partial charge in [0.15, 0.2) is 5.75 Å². The second kappa shape index (κ2) is 6.36. The number of rotatable bonds is 7. The fraction of sp³-hybridized carbons (Fsp3) is 0.769. The lowest BCUT2D eigenvalue weighted by atomic mass is 9.78. The van der Waals surface area contributed by atoms with E-state index in [-0.39, 0.29) is 6.04 Å². The quantitative estimate of drug-likeness (QED) is 0.564. The van der Waals surface area contributed by atoms with Crippen LogP contribution in [-0.4, -0.2) is 42.4 Å². The molecule has 1 atom stereocenters. The molecule has 0 saturated heterocycles. The van der Waals surface area contributed by atoms with E-state index in [4.69, 9.17) is 10.6 Å². The molecule has 1 aliphatic rings. The number of hydrazine groups is 1. The van der Waals surface area contributed by atoms with Crippen LogP contribution in [-0.2, 0) is 6.54 Å². The van der Waals surface area contributed by atoms with Crippen molar-refractivity contribution >= 4 is 0 Å². The highest BCUT2D eigenvalue weighted by Crippen LogP contribution is 2.40. The van der Waals surface area contributed by atoms with Crippen LogP contribution >= 0.6 is 0 Å². The lowest BCUT2D eigenvalue weighted by Gasteiger charge is -2.34. The summed E-state index contributed by atoms with van der Waals surface area (Å²) in [5, 5.41) is 4.44. The van der Waals surface area contributed by atoms with Gasteiger partial charge >= 0.3 is 0 Å². The van der Waals surface area contributed by atoms with Crippen LogP contribution in [0.15, 0.2) is 6.20 Å². The molecule has 19 heavy (non-hydrogen) atoms. The molecule has 0 radical (unpaired) electrons. The highest BCUT2D eigenvalue weighted by atomic mass is 16.5. The van der Waals surface area contributed by atoms with Gasteiger partial charge in [0.25, 0.3) is 0 Å². The van der Waals surface area contributed by atoms with Crippen molar-refractivity contribution in [3.63, 3.8) is 0 Å². The second-order valence-electron chi connectivity index (χ2n) is 5.46. The van der Waals surface area contributed by atoms with Gasteiger partial charge < -0.3 is 9.64 Å². The smallest absolute Gasteiger partial charge is 0.161 e. The summed E-state index contributed by atoms with van der Waals surface area (Å²) in [5.74, 6) is 7.18. The fourth-order valence-corrected chi connectivity index (χ4v) is 2.53. The standard InChI is InChI=1S/C13H25N5O/c1-17(2)7-8-18-13(11(19-3)9-15-18)12(16-14)10-5-4-6-10/h9-10,12,16H,4-8,14H2,1-3H3. The lowest BCUT2D eigenvalue weighted by Crippen LogP contribution is -2.38. The Labute approximate surface area is 114 Å². The Morgan fingerprint density at radius 3 is 2.79 bits per heavy atom. The molecule has 0 bridgehead atoms. The zero-order chi connectivity index (χ0) is 13.8. The summed E-state index contributed by atoms with van der Waals surface area (Å²) in [4.78, 5) is 2.15.